The maximum absolute atomic E-state index is 12.2. The van der Waals surface area contributed by atoms with Crippen LogP contribution in [0.1, 0.15) is 28.8 Å². The number of carbonyl (C=O) groups is 2. The van der Waals surface area contributed by atoms with Crippen LogP contribution in [0.2, 0.25) is 0 Å². The number of ketones is 1. The molecule has 1 aromatic carbocycles. The Kier molecular flexibility index (Phi) is 2.18. The largest absolute Gasteiger partial charge is 0.367 e. The van der Waals surface area contributed by atoms with Crippen molar-refractivity contribution >= 4 is 17.4 Å². The quantitative estimate of drug-likeness (QED) is 0.728. The zero-order valence-corrected chi connectivity index (χ0v) is 9.48. The van der Waals surface area contributed by atoms with Crippen LogP contribution < -0.4 is 10.6 Å². The maximum Gasteiger partial charge on any atom is 0.248 e. The van der Waals surface area contributed by atoms with E-state index in [1.807, 2.05) is 17.0 Å². The number of nitrogens with zero attached hydrogens (tertiary/aromatic N) is 1. The second-order valence-corrected chi connectivity index (χ2v) is 4.63. The molecule has 1 atom stereocenters. The first-order chi connectivity index (χ1) is 8.20. The molecule has 0 saturated carbocycles. The van der Waals surface area contributed by atoms with Gasteiger partial charge in [-0.25, -0.2) is 0 Å². The van der Waals surface area contributed by atoms with Crippen molar-refractivity contribution in [1.82, 2.24) is 0 Å². The van der Waals surface area contributed by atoms with Crippen molar-refractivity contribution in [1.29, 1.82) is 0 Å². The van der Waals surface area contributed by atoms with E-state index in [1.54, 1.807) is 6.07 Å². The number of hydrogen-bond donors (Lipinski definition) is 1. The van der Waals surface area contributed by atoms with Gasteiger partial charge in [0.15, 0.2) is 11.8 Å². The second kappa shape index (κ2) is 3.58. The summed E-state index contributed by atoms with van der Waals surface area (Å²) in [4.78, 5) is 25.5. The van der Waals surface area contributed by atoms with Crippen LogP contribution in [0.15, 0.2) is 18.2 Å². The molecular formula is C13H14N2O2. The third-order valence-corrected chi connectivity index (χ3v) is 3.60. The number of primary amides is 1. The highest BCUT2D eigenvalue weighted by Crippen LogP contribution is 2.37. The lowest BCUT2D eigenvalue weighted by Gasteiger charge is -2.23. The number of benzene rings is 1. The lowest BCUT2D eigenvalue weighted by atomic mass is 10.0. The van der Waals surface area contributed by atoms with Crippen LogP contribution in [-0.4, -0.2) is 24.3 Å². The molecule has 0 fully saturated rings. The molecule has 17 heavy (non-hydrogen) atoms. The molecule has 88 valence electrons. The Hall–Kier alpha value is -1.84. The fraction of sp³-hybridized carbons (Fsp3) is 0.385. The minimum Gasteiger partial charge on any atom is -0.367 e. The van der Waals surface area contributed by atoms with Crippen molar-refractivity contribution in [3.8, 4) is 0 Å². The Morgan fingerprint density at radius 1 is 1.35 bits per heavy atom. The number of hydrogen-bond acceptors (Lipinski definition) is 3. The van der Waals surface area contributed by atoms with Crippen molar-refractivity contribution in [2.24, 2.45) is 5.73 Å². The molecule has 4 heteroatoms. The van der Waals surface area contributed by atoms with E-state index in [0.717, 1.165) is 37.1 Å². The van der Waals surface area contributed by atoms with Gasteiger partial charge < -0.3 is 10.6 Å². The fourth-order valence-electron chi connectivity index (χ4n) is 2.87. The van der Waals surface area contributed by atoms with E-state index in [-0.39, 0.29) is 5.78 Å². The third-order valence-electron chi connectivity index (χ3n) is 3.60. The van der Waals surface area contributed by atoms with Crippen molar-refractivity contribution in [2.75, 3.05) is 11.4 Å². The van der Waals surface area contributed by atoms with E-state index in [4.69, 9.17) is 5.73 Å². The van der Waals surface area contributed by atoms with Gasteiger partial charge in [-0.1, -0.05) is 12.1 Å². The maximum atomic E-state index is 12.2. The summed E-state index contributed by atoms with van der Waals surface area (Å²) in [5, 5.41) is 0. The van der Waals surface area contributed by atoms with Gasteiger partial charge in [-0.3, -0.25) is 9.59 Å². The summed E-state index contributed by atoms with van der Waals surface area (Å²) in [5.74, 6) is -0.685. The predicted octanol–water partition coefficient (Wildman–Crippen LogP) is 0.879. The first-order valence-corrected chi connectivity index (χ1v) is 5.92. The van der Waals surface area contributed by atoms with Crippen LogP contribution in [0, 0.1) is 0 Å². The number of para-hydroxylation sites is 1. The molecule has 1 aromatic rings. The van der Waals surface area contributed by atoms with Gasteiger partial charge in [-0.15, -0.1) is 0 Å². The monoisotopic (exact) mass is 230 g/mol. The summed E-state index contributed by atoms with van der Waals surface area (Å²) in [5.41, 5.74) is 8.12. The van der Waals surface area contributed by atoms with E-state index in [0.29, 0.717) is 5.56 Å². The summed E-state index contributed by atoms with van der Waals surface area (Å²) < 4.78 is 0. The lowest BCUT2D eigenvalue weighted by molar-refractivity contribution is -0.118. The average Bonchev–Trinajstić information content (AvgIpc) is 2.47. The molecule has 1 unspecified atom stereocenters. The number of amides is 1. The summed E-state index contributed by atoms with van der Waals surface area (Å²) in [6.45, 7) is 0.739. The summed E-state index contributed by atoms with van der Waals surface area (Å²) in [6.07, 6.45) is 3.05. The molecule has 0 saturated heterocycles. The highest BCUT2D eigenvalue weighted by Gasteiger charge is 2.42. The van der Waals surface area contributed by atoms with E-state index in [2.05, 4.69) is 0 Å². The Morgan fingerprint density at radius 3 is 2.94 bits per heavy atom. The fourth-order valence-corrected chi connectivity index (χ4v) is 2.87. The van der Waals surface area contributed by atoms with E-state index in [1.165, 1.54) is 0 Å². The molecule has 2 aliphatic heterocycles. The molecule has 0 bridgehead atoms. The van der Waals surface area contributed by atoms with Gasteiger partial charge in [0.25, 0.3) is 0 Å². The van der Waals surface area contributed by atoms with Gasteiger partial charge >= 0.3 is 0 Å². The van der Waals surface area contributed by atoms with Gasteiger partial charge in [0.1, 0.15) is 0 Å². The molecule has 2 N–H and O–H groups in total. The molecule has 0 aromatic heterocycles. The summed E-state index contributed by atoms with van der Waals surface area (Å²) in [6, 6.07) is 4.93. The van der Waals surface area contributed by atoms with Gasteiger partial charge in [0.2, 0.25) is 5.91 Å². The Morgan fingerprint density at radius 2 is 2.18 bits per heavy atom. The number of aryl methyl sites for hydroxylation is 1. The van der Waals surface area contributed by atoms with Crippen LogP contribution in [-0.2, 0) is 11.2 Å². The van der Waals surface area contributed by atoms with Crippen LogP contribution in [0.4, 0.5) is 5.69 Å². The topological polar surface area (TPSA) is 63.4 Å². The van der Waals surface area contributed by atoms with Crippen LogP contribution >= 0.6 is 0 Å². The number of anilines is 1. The minimum absolute atomic E-state index is 0.142. The SMILES string of the molecule is NC(=O)C1C(=O)c2cccc3c2N1CCCC3. The summed E-state index contributed by atoms with van der Waals surface area (Å²) in [7, 11) is 0. The van der Waals surface area contributed by atoms with Gasteiger partial charge in [-0.2, -0.15) is 0 Å². The molecule has 2 aliphatic rings. The van der Waals surface area contributed by atoms with Crippen molar-refractivity contribution in [2.45, 2.75) is 25.3 Å². The van der Waals surface area contributed by atoms with Crippen molar-refractivity contribution < 1.29 is 9.59 Å². The predicted molar refractivity (Wildman–Crippen MR) is 64.0 cm³/mol. The molecule has 3 rings (SSSR count). The van der Waals surface area contributed by atoms with E-state index < -0.39 is 11.9 Å². The highest BCUT2D eigenvalue weighted by molar-refractivity contribution is 6.22. The highest BCUT2D eigenvalue weighted by atomic mass is 16.2. The molecule has 4 nitrogen and oxygen atoms in total. The molecular weight excluding hydrogens is 216 g/mol. The van der Waals surface area contributed by atoms with Gasteiger partial charge in [0, 0.05) is 12.1 Å². The second-order valence-electron chi connectivity index (χ2n) is 4.63. The number of Topliss-reactive ketones (excluding diaryl/α,β-unsaturated/α-hetero) is 1. The standard InChI is InChI=1S/C13H14N2O2/c14-13(17)11-12(16)9-6-3-5-8-4-1-2-7-15(11)10(8)9/h3,5-6,11H,1-2,4,7H2,(H2,14,17). The van der Waals surface area contributed by atoms with Gasteiger partial charge in [0.05, 0.1) is 5.69 Å². The Labute approximate surface area is 99.4 Å². The van der Waals surface area contributed by atoms with Crippen molar-refractivity contribution in [3.63, 3.8) is 0 Å². The molecule has 0 radical (unpaired) electrons. The number of nitrogens with two attached hydrogens (primary N) is 1. The lowest BCUT2D eigenvalue weighted by Crippen LogP contribution is -2.46. The van der Waals surface area contributed by atoms with Crippen LogP contribution in [0.3, 0.4) is 0 Å². The normalized spacial score (nSPS) is 22.2. The summed E-state index contributed by atoms with van der Waals surface area (Å²) >= 11 is 0. The Balaban J connectivity index is 2.20. The smallest absolute Gasteiger partial charge is 0.248 e. The Bertz CT molecular complexity index is 510. The van der Waals surface area contributed by atoms with Gasteiger partial charge in [-0.05, 0) is 30.9 Å². The third kappa shape index (κ3) is 1.37. The van der Waals surface area contributed by atoms with E-state index >= 15 is 0 Å². The molecule has 0 aliphatic carbocycles. The molecule has 1 amide bonds. The zero-order valence-electron chi connectivity index (χ0n) is 9.48. The first-order valence-electron chi connectivity index (χ1n) is 5.92. The first kappa shape index (κ1) is 10.3. The van der Waals surface area contributed by atoms with E-state index in [9.17, 15) is 9.59 Å². The van der Waals surface area contributed by atoms with Crippen LogP contribution in [0.25, 0.3) is 0 Å². The zero-order chi connectivity index (χ0) is 12.0. The van der Waals surface area contributed by atoms with Crippen molar-refractivity contribution in [3.05, 3.63) is 29.3 Å². The molecule has 0 spiro atoms. The molecule has 2 heterocycles. The number of rotatable bonds is 1. The average molecular weight is 230 g/mol. The minimum atomic E-state index is -0.788. The van der Waals surface area contributed by atoms with Crippen LogP contribution in [0.5, 0.6) is 0 Å². The number of carbonyl (C=O) groups excluding carboxylic acids is 2.